The maximum Gasteiger partial charge on any atom is 0.184 e. The summed E-state index contributed by atoms with van der Waals surface area (Å²) >= 11 is 0. The molecular weight excluding hydrogens is 144 g/mol. The molecule has 0 aromatic rings. The van der Waals surface area contributed by atoms with Gasteiger partial charge in [-0.05, 0) is 20.3 Å². The number of rotatable bonds is 3. The summed E-state index contributed by atoms with van der Waals surface area (Å²) in [5, 5.41) is 0. The van der Waals surface area contributed by atoms with Crippen molar-refractivity contribution in [3.8, 4) is 0 Å². The molecule has 0 radical (unpaired) electrons. The Morgan fingerprint density at radius 3 is 2.73 bits per heavy atom. The molecular formula is C8H16O3. The fourth-order valence-corrected chi connectivity index (χ4v) is 1.04. The van der Waals surface area contributed by atoms with Crippen LogP contribution in [0.2, 0.25) is 0 Å². The third kappa shape index (κ3) is 2.15. The van der Waals surface area contributed by atoms with Crippen molar-refractivity contribution < 1.29 is 14.2 Å². The summed E-state index contributed by atoms with van der Waals surface area (Å²) in [5.41, 5.74) is 0. The first kappa shape index (κ1) is 8.97. The monoisotopic (exact) mass is 160 g/mol. The van der Waals surface area contributed by atoms with Crippen LogP contribution >= 0.6 is 0 Å². The molecule has 0 spiro atoms. The van der Waals surface area contributed by atoms with Gasteiger partial charge in [0.15, 0.2) is 12.1 Å². The van der Waals surface area contributed by atoms with Crippen molar-refractivity contribution in [1.29, 1.82) is 0 Å². The van der Waals surface area contributed by atoms with Crippen molar-refractivity contribution in [3.05, 3.63) is 0 Å². The van der Waals surface area contributed by atoms with Crippen LogP contribution < -0.4 is 0 Å². The van der Waals surface area contributed by atoms with Crippen LogP contribution in [-0.2, 0) is 14.2 Å². The Labute approximate surface area is 67.6 Å². The van der Waals surface area contributed by atoms with E-state index in [0.717, 1.165) is 6.42 Å². The van der Waals surface area contributed by atoms with Gasteiger partial charge in [0.2, 0.25) is 0 Å². The van der Waals surface area contributed by atoms with E-state index in [-0.39, 0.29) is 6.29 Å². The molecule has 66 valence electrons. The minimum atomic E-state index is -0.417. The van der Waals surface area contributed by atoms with Gasteiger partial charge >= 0.3 is 0 Å². The van der Waals surface area contributed by atoms with E-state index in [1.807, 2.05) is 20.8 Å². The molecule has 3 heteroatoms. The van der Waals surface area contributed by atoms with E-state index in [1.54, 1.807) is 0 Å². The molecule has 0 N–H and O–H groups in total. The zero-order valence-corrected chi connectivity index (χ0v) is 7.42. The lowest BCUT2D eigenvalue weighted by Gasteiger charge is -2.20. The van der Waals surface area contributed by atoms with Gasteiger partial charge in [-0.25, -0.2) is 0 Å². The minimum Gasteiger partial charge on any atom is -0.350 e. The van der Waals surface area contributed by atoms with Gasteiger partial charge in [-0.15, -0.1) is 0 Å². The molecule has 1 fully saturated rings. The van der Waals surface area contributed by atoms with Crippen molar-refractivity contribution in [1.82, 2.24) is 0 Å². The molecule has 1 aliphatic heterocycles. The summed E-state index contributed by atoms with van der Waals surface area (Å²) in [6.45, 7) is 7.15. The molecule has 0 bridgehead atoms. The maximum atomic E-state index is 5.49. The van der Waals surface area contributed by atoms with Crippen LogP contribution in [0.4, 0.5) is 0 Å². The molecule has 0 saturated carbocycles. The molecule has 2 atom stereocenters. The number of ether oxygens (including phenoxy) is 3. The SMILES string of the molecule is CCOC1COC(C)(CC)O1. The predicted molar refractivity (Wildman–Crippen MR) is 41.1 cm³/mol. The van der Waals surface area contributed by atoms with Crippen LogP contribution in [0.25, 0.3) is 0 Å². The first-order chi connectivity index (χ1) is 5.20. The van der Waals surface area contributed by atoms with E-state index in [0.29, 0.717) is 13.2 Å². The van der Waals surface area contributed by atoms with Crippen LogP contribution in [0, 0.1) is 0 Å². The summed E-state index contributed by atoms with van der Waals surface area (Å²) in [6.07, 6.45) is 0.696. The average Bonchev–Trinajstić information content (AvgIpc) is 2.35. The minimum absolute atomic E-state index is 0.162. The van der Waals surface area contributed by atoms with Crippen LogP contribution in [0.15, 0.2) is 0 Å². The quantitative estimate of drug-likeness (QED) is 0.626. The lowest BCUT2D eigenvalue weighted by molar-refractivity contribution is -0.200. The summed E-state index contributed by atoms with van der Waals surface area (Å²) in [7, 11) is 0. The molecule has 0 amide bonds. The van der Waals surface area contributed by atoms with E-state index in [2.05, 4.69) is 0 Å². The highest BCUT2D eigenvalue weighted by atomic mass is 16.8. The van der Waals surface area contributed by atoms with Crippen molar-refractivity contribution in [3.63, 3.8) is 0 Å². The van der Waals surface area contributed by atoms with Crippen LogP contribution in [0.3, 0.4) is 0 Å². The van der Waals surface area contributed by atoms with Crippen molar-refractivity contribution in [2.24, 2.45) is 0 Å². The maximum absolute atomic E-state index is 5.49. The molecule has 11 heavy (non-hydrogen) atoms. The molecule has 1 heterocycles. The lowest BCUT2D eigenvalue weighted by atomic mass is 10.2. The highest BCUT2D eigenvalue weighted by Gasteiger charge is 2.35. The third-order valence-electron chi connectivity index (χ3n) is 1.90. The Morgan fingerprint density at radius 2 is 2.27 bits per heavy atom. The summed E-state index contributed by atoms with van der Waals surface area (Å²) in [4.78, 5) is 0. The molecule has 0 aromatic carbocycles. The second kappa shape index (κ2) is 3.52. The van der Waals surface area contributed by atoms with Gasteiger partial charge in [0, 0.05) is 6.61 Å². The molecule has 1 rings (SSSR count). The van der Waals surface area contributed by atoms with E-state index in [4.69, 9.17) is 14.2 Å². The highest BCUT2D eigenvalue weighted by Crippen LogP contribution is 2.26. The van der Waals surface area contributed by atoms with Gasteiger partial charge < -0.3 is 14.2 Å². The molecule has 1 saturated heterocycles. The van der Waals surface area contributed by atoms with Crippen molar-refractivity contribution in [2.45, 2.75) is 39.3 Å². The Morgan fingerprint density at radius 1 is 1.55 bits per heavy atom. The normalized spacial score (nSPS) is 37.9. The predicted octanol–water partition coefficient (Wildman–Crippen LogP) is 1.52. The van der Waals surface area contributed by atoms with Crippen LogP contribution in [-0.4, -0.2) is 25.3 Å². The van der Waals surface area contributed by atoms with Gasteiger partial charge in [-0.3, -0.25) is 0 Å². The van der Waals surface area contributed by atoms with E-state index < -0.39 is 5.79 Å². The largest absolute Gasteiger partial charge is 0.350 e. The average molecular weight is 160 g/mol. The zero-order chi connectivity index (χ0) is 8.32. The Kier molecular flexibility index (Phi) is 2.87. The summed E-state index contributed by atoms with van der Waals surface area (Å²) in [6, 6.07) is 0. The molecule has 2 unspecified atom stereocenters. The van der Waals surface area contributed by atoms with E-state index in [1.165, 1.54) is 0 Å². The Hall–Kier alpha value is -0.120. The van der Waals surface area contributed by atoms with Crippen LogP contribution in [0.1, 0.15) is 27.2 Å². The molecule has 1 aliphatic rings. The van der Waals surface area contributed by atoms with Gasteiger partial charge in [0.05, 0.1) is 0 Å². The summed E-state index contributed by atoms with van der Waals surface area (Å²) in [5.74, 6) is -0.417. The molecule has 0 aromatic heterocycles. The fraction of sp³-hybridized carbons (Fsp3) is 1.00. The topological polar surface area (TPSA) is 27.7 Å². The third-order valence-corrected chi connectivity index (χ3v) is 1.90. The lowest BCUT2D eigenvalue weighted by Crippen LogP contribution is -2.26. The molecule has 3 nitrogen and oxygen atoms in total. The first-order valence-electron chi connectivity index (χ1n) is 4.13. The van der Waals surface area contributed by atoms with Crippen LogP contribution in [0.5, 0.6) is 0 Å². The van der Waals surface area contributed by atoms with Gasteiger partial charge in [-0.2, -0.15) is 0 Å². The van der Waals surface area contributed by atoms with Crippen molar-refractivity contribution >= 4 is 0 Å². The first-order valence-corrected chi connectivity index (χ1v) is 4.13. The zero-order valence-electron chi connectivity index (χ0n) is 7.42. The second-order valence-corrected chi connectivity index (χ2v) is 2.80. The second-order valence-electron chi connectivity index (χ2n) is 2.80. The van der Waals surface area contributed by atoms with Gasteiger partial charge in [-0.1, -0.05) is 6.92 Å². The Bertz CT molecular complexity index is 127. The standard InChI is InChI=1S/C8H16O3/c1-4-8(3)10-6-7(11-8)9-5-2/h7H,4-6H2,1-3H3. The van der Waals surface area contributed by atoms with Crippen molar-refractivity contribution in [2.75, 3.05) is 13.2 Å². The van der Waals surface area contributed by atoms with E-state index in [9.17, 15) is 0 Å². The number of hydrogen-bond acceptors (Lipinski definition) is 3. The fourth-order valence-electron chi connectivity index (χ4n) is 1.04. The smallest absolute Gasteiger partial charge is 0.184 e. The van der Waals surface area contributed by atoms with E-state index >= 15 is 0 Å². The molecule has 0 aliphatic carbocycles. The van der Waals surface area contributed by atoms with Gasteiger partial charge in [0.25, 0.3) is 0 Å². The van der Waals surface area contributed by atoms with Gasteiger partial charge in [0.1, 0.15) is 6.61 Å². The number of hydrogen-bond donors (Lipinski definition) is 0. The summed E-state index contributed by atoms with van der Waals surface area (Å²) < 4.78 is 16.2. The highest BCUT2D eigenvalue weighted by molar-refractivity contribution is 4.68. The Balaban J connectivity index is 2.33.